The van der Waals surface area contributed by atoms with Gasteiger partial charge in [-0.3, -0.25) is 4.79 Å². The van der Waals surface area contributed by atoms with Crippen LogP contribution in [-0.2, 0) is 13.0 Å². The van der Waals surface area contributed by atoms with Gasteiger partial charge in [0.1, 0.15) is 12.4 Å². The molecule has 0 aliphatic carbocycles. The first-order valence-electron chi connectivity index (χ1n) is 11.1. The minimum absolute atomic E-state index is 0.177. The molecule has 0 unspecified atom stereocenters. The average Bonchev–Trinajstić information content (AvgIpc) is 2.84. The predicted molar refractivity (Wildman–Crippen MR) is 149 cm³/mol. The van der Waals surface area contributed by atoms with Gasteiger partial charge in [0.15, 0.2) is 11.5 Å². The summed E-state index contributed by atoms with van der Waals surface area (Å²) in [5, 5.41) is 6.26. The summed E-state index contributed by atoms with van der Waals surface area (Å²) in [5.41, 5.74) is 1.75. The Bertz CT molecular complexity index is 1520. The van der Waals surface area contributed by atoms with Crippen molar-refractivity contribution in [2.24, 2.45) is 5.10 Å². The summed E-state index contributed by atoms with van der Waals surface area (Å²) in [6, 6.07) is 14.0. The molecule has 0 spiro atoms. The fourth-order valence-corrected chi connectivity index (χ4v) is 4.62. The van der Waals surface area contributed by atoms with Crippen molar-refractivity contribution in [1.82, 2.24) is 9.66 Å². The molecular weight excluding hydrogens is 589 g/mol. The summed E-state index contributed by atoms with van der Waals surface area (Å²) in [4.78, 5) is 17.7. The molecule has 0 aliphatic rings. The Morgan fingerprint density at radius 3 is 2.56 bits per heavy atom. The molecule has 0 aliphatic heterocycles. The molecule has 0 amide bonds. The molecule has 3 aromatic carbocycles. The topological polar surface area (TPSA) is 65.7 Å². The minimum atomic E-state index is -0.259. The van der Waals surface area contributed by atoms with Gasteiger partial charge in [-0.1, -0.05) is 63.7 Å². The van der Waals surface area contributed by atoms with Crippen LogP contribution in [0.2, 0.25) is 15.1 Å². The van der Waals surface area contributed by atoms with Crippen LogP contribution in [0.25, 0.3) is 10.9 Å². The Kier molecular flexibility index (Phi) is 8.57. The molecule has 0 atom stereocenters. The molecule has 0 bridgehead atoms. The van der Waals surface area contributed by atoms with Gasteiger partial charge in [-0.2, -0.15) is 9.78 Å². The van der Waals surface area contributed by atoms with Crippen molar-refractivity contribution in [2.45, 2.75) is 26.9 Å². The highest BCUT2D eigenvalue weighted by Gasteiger charge is 2.14. The zero-order valence-electron chi connectivity index (χ0n) is 19.4. The Hall–Kier alpha value is -2.58. The van der Waals surface area contributed by atoms with Gasteiger partial charge in [-0.25, -0.2) is 4.98 Å². The molecule has 10 heteroatoms. The molecule has 0 saturated carbocycles. The average molecular weight is 610 g/mol. The van der Waals surface area contributed by atoms with E-state index in [1.807, 2.05) is 19.9 Å². The van der Waals surface area contributed by atoms with Crippen LogP contribution in [-0.4, -0.2) is 22.5 Å². The van der Waals surface area contributed by atoms with E-state index in [9.17, 15) is 4.79 Å². The van der Waals surface area contributed by atoms with E-state index in [2.05, 4.69) is 26.0 Å². The van der Waals surface area contributed by atoms with E-state index in [-0.39, 0.29) is 12.2 Å². The summed E-state index contributed by atoms with van der Waals surface area (Å²) >= 11 is 22.2. The van der Waals surface area contributed by atoms with Gasteiger partial charge in [-0.15, -0.1) is 0 Å². The van der Waals surface area contributed by atoms with Crippen LogP contribution in [0, 0.1) is 0 Å². The smallest absolute Gasteiger partial charge is 0.282 e. The molecule has 0 N–H and O–H groups in total. The number of halogens is 4. The number of fused-ring (bicyclic) bond motifs is 1. The zero-order valence-corrected chi connectivity index (χ0v) is 23.2. The van der Waals surface area contributed by atoms with Crippen LogP contribution < -0.4 is 15.0 Å². The maximum Gasteiger partial charge on any atom is 0.282 e. The van der Waals surface area contributed by atoms with E-state index in [0.29, 0.717) is 61.9 Å². The fourth-order valence-electron chi connectivity index (χ4n) is 3.52. The summed E-state index contributed by atoms with van der Waals surface area (Å²) in [7, 11) is 0. The van der Waals surface area contributed by atoms with Crippen LogP contribution in [0.15, 0.2) is 62.9 Å². The molecule has 36 heavy (non-hydrogen) atoms. The highest BCUT2D eigenvalue weighted by atomic mass is 79.9. The first-order valence-corrected chi connectivity index (χ1v) is 13.0. The number of aromatic nitrogens is 2. The van der Waals surface area contributed by atoms with E-state index >= 15 is 0 Å². The molecule has 1 aromatic heterocycles. The molecule has 186 valence electrons. The summed E-state index contributed by atoms with van der Waals surface area (Å²) in [5.74, 6) is 1.37. The highest BCUT2D eigenvalue weighted by molar-refractivity contribution is 9.10. The van der Waals surface area contributed by atoms with Crippen molar-refractivity contribution < 1.29 is 9.47 Å². The van der Waals surface area contributed by atoms with Crippen LogP contribution in [0.4, 0.5) is 0 Å². The quantitative estimate of drug-likeness (QED) is 0.194. The number of benzene rings is 3. The van der Waals surface area contributed by atoms with E-state index in [0.717, 1.165) is 10.0 Å². The summed E-state index contributed by atoms with van der Waals surface area (Å²) in [6.07, 6.45) is 2.07. The van der Waals surface area contributed by atoms with E-state index in [4.69, 9.17) is 44.3 Å². The Balaban J connectivity index is 1.67. The number of ether oxygens (including phenoxy) is 2. The number of rotatable bonds is 8. The van der Waals surface area contributed by atoms with Gasteiger partial charge < -0.3 is 9.47 Å². The third kappa shape index (κ3) is 5.86. The van der Waals surface area contributed by atoms with Crippen LogP contribution in [0.1, 0.15) is 30.8 Å². The van der Waals surface area contributed by atoms with E-state index in [1.165, 1.54) is 4.68 Å². The largest absolute Gasteiger partial charge is 0.490 e. The van der Waals surface area contributed by atoms with Crippen molar-refractivity contribution in [1.29, 1.82) is 0 Å². The Labute approximate surface area is 231 Å². The Morgan fingerprint density at radius 2 is 1.83 bits per heavy atom. The summed E-state index contributed by atoms with van der Waals surface area (Å²) in [6.45, 7) is 4.36. The lowest BCUT2D eigenvalue weighted by Crippen LogP contribution is -2.22. The lowest BCUT2D eigenvalue weighted by Gasteiger charge is -2.15. The lowest BCUT2D eigenvalue weighted by atomic mass is 10.2. The van der Waals surface area contributed by atoms with E-state index < -0.39 is 0 Å². The van der Waals surface area contributed by atoms with Crippen LogP contribution in [0.3, 0.4) is 0 Å². The second-order valence-corrected chi connectivity index (χ2v) is 9.86. The van der Waals surface area contributed by atoms with E-state index in [1.54, 1.807) is 48.7 Å². The van der Waals surface area contributed by atoms with Gasteiger partial charge in [0.2, 0.25) is 0 Å². The van der Waals surface area contributed by atoms with Crippen molar-refractivity contribution >= 4 is 67.9 Å². The molecular formula is C26H21BrCl3N3O3. The van der Waals surface area contributed by atoms with Crippen molar-refractivity contribution in [3.63, 3.8) is 0 Å². The van der Waals surface area contributed by atoms with Crippen molar-refractivity contribution in [2.75, 3.05) is 6.61 Å². The monoisotopic (exact) mass is 607 g/mol. The first kappa shape index (κ1) is 26.5. The van der Waals surface area contributed by atoms with Gasteiger partial charge in [0, 0.05) is 26.5 Å². The molecule has 6 nitrogen and oxygen atoms in total. The van der Waals surface area contributed by atoms with Gasteiger partial charge in [0.05, 0.1) is 28.7 Å². The van der Waals surface area contributed by atoms with Crippen molar-refractivity contribution in [3.8, 4) is 11.5 Å². The van der Waals surface area contributed by atoms with Crippen molar-refractivity contribution in [3.05, 3.63) is 95.4 Å². The molecule has 0 radical (unpaired) electrons. The standard InChI is InChI=1S/C26H21BrCl3N3O3/c1-3-24-32-22-8-6-17(27)11-19(22)26(34)33(24)31-13-15-9-21(30)25(23(10-15)35-4-2)36-14-16-5-7-18(28)12-20(16)29/h5-13H,3-4,14H2,1-2H3. The van der Waals surface area contributed by atoms with Crippen LogP contribution in [0.5, 0.6) is 11.5 Å². The number of hydrogen-bond donors (Lipinski definition) is 0. The zero-order chi connectivity index (χ0) is 25.8. The summed E-state index contributed by atoms with van der Waals surface area (Å²) < 4.78 is 13.8. The van der Waals surface area contributed by atoms with Gasteiger partial charge in [0.25, 0.3) is 5.56 Å². The highest BCUT2D eigenvalue weighted by Crippen LogP contribution is 2.37. The normalized spacial score (nSPS) is 11.4. The maximum absolute atomic E-state index is 13.1. The predicted octanol–water partition coefficient (Wildman–Crippen LogP) is 7.54. The molecule has 0 saturated heterocycles. The number of nitrogens with zero attached hydrogens (tertiary/aromatic N) is 3. The maximum atomic E-state index is 13.1. The third-order valence-electron chi connectivity index (χ3n) is 5.23. The second kappa shape index (κ2) is 11.6. The Morgan fingerprint density at radius 1 is 1.03 bits per heavy atom. The lowest BCUT2D eigenvalue weighted by molar-refractivity contribution is 0.269. The van der Waals surface area contributed by atoms with Gasteiger partial charge >= 0.3 is 0 Å². The molecule has 1 heterocycles. The SMILES string of the molecule is CCOc1cc(C=Nn2c(CC)nc3ccc(Br)cc3c2=O)cc(Cl)c1OCc1ccc(Cl)cc1Cl. The minimum Gasteiger partial charge on any atom is -0.490 e. The van der Waals surface area contributed by atoms with Crippen LogP contribution >= 0.6 is 50.7 Å². The molecule has 4 aromatic rings. The molecule has 0 fully saturated rings. The first-order chi connectivity index (χ1) is 17.3. The number of hydrogen-bond acceptors (Lipinski definition) is 5. The fraction of sp³-hybridized carbons (Fsp3) is 0.192. The van der Waals surface area contributed by atoms with Gasteiger partial charge in [-0.05, 0) is 55.0 Å². The molecule has 4 rings (SSSR count). The third-order valence-corrected chi connectivity index (χ3v) is 6.59. The number of aryl methyl sites for hydroxylation is 1. The second-order valence-electron chi connectivity index (χ2n) is 7.69.